The van der Waals surface area contributed by atoms with Gasteiger partial charge >= 0.3 is 0 Å². The Morgan fingerprint density at radius 1 is 1.53 bits per heavy atom. The SMILES string of the molecule is Cc1cc(C)n(CC(=O)Nc2c(C#N)cnn2C)n1. The number of anilines is 1. The average Bonchev–Trinajstić information content (AvgIpc) is 2.84. The molecule has 0 saturated heterocycles. The molecule has 1 amide bonds. The summed E-state index contributed by atoms with van der Waals surface area (Å²) in [6.45, 7) is 3.87. The van der Waals surface area contributed by atoms with Crippen LogP contribution in [0.4, 0.5) is 5.82 Å². The molecule has 2 heterocycles. The number of nitrogens with zero attached hydrogens (tertiary/aromatic N) is 5. The van der Waals surface area contributed by atoms with Crippen molar-refractivity contribution in [3.8, 4) is 6.07 Å². The highest BCUT2D eigenvalue weighted by atomic mass is 16.2. The maximum absolute atomic E-state index is 11.9. The summed E-state index contributed by atoms with van der Waals surface area (Å²) in [5.74, 6) is 0.153. The summed E-state index contributed by atoms with van der Waals surface area (Å²) in [7, 11) is 1.67. The fourth-order valence-corrected chi connectivity index (χ4v) is 1.81. The lowest BCUT2D eigenvalue weighted by Gasteiger charge is -2.07. The van der Waals surface area contributed by atoms with Crippen LogP contribution in [0.3, 0.4) is 0 Å². The predicted octanol–water partition coefficient (Wildman–Crippen LogP) is 0.744. The van der Waals surface area contributed by atoms with E-state index in [4.69, 9.17) is 5.26 Å². The summed E-state index contributed by atoms with van der Waals surface area (Å²) in [5.41, 5.74) is 2.12. The number of aromatic nitrogens is 4. The van der Waals surface area contributed by atoms with Crippen molar-refractivity contribution in [1.82, 2.24) is 19.6 Å². The highest BCUT2D eigenvalue weighted by Gasteiger charge is 2.13. The number of hydrogen-bond donors (Lipinski definition) is 1. The molecule has 0 aliphatic rings. The van der Waals surface area contributed by atoms with Crippen LogP contribution in [0.15, 0.2) is 12.3 Å². The van der Waals surface area contributed by atoms with Gasteiger partial charge in [-0.25, -0.2) is 0 Å². The van der Waals surface area contributed by atoms with Crippen molar-refractivity contribution < 1.29 is 4.79 Å². The van der Waals surface area contributed by atoms with Crippen molar-refractivity contribution in [3.05, 3.63) is 29.2 Å². The molecule has 0 saturated carbocycles. The Morgan fingerprint density at radius 2 is 2.26 bits per heavy atom. The van der Waals surface area contributed by atoms with Crippen molar-refractivity contribution in [2.24, 2.45) is 7.05 Å². The zero-order chi connectivity index (χ0) is 14.0. The lowest BCUT2D eigenvalue weighted by atomic mass is 10.3. The van der Waals surface area contributed by atoms with Crippen LogP contribution in [0.2, 0.25) is 0 Å². The molecule has 0 fully saturated rings. The first-order chi connectivity index (χ1) is 9.01. The zero-order valence-corrected chi connectivity index (χ0v) is 11.0. The fourth-order valence-electron chi connectivity index (χ4n) is 1.81. The van der Waals surface area contributed by atoms with E-state index in [1.54, 1.807) is 11.7 Å². The Morgan fingerprint density at radius 3 is 2.84 bits per heavy atom. The van der Waals surface area contributed by atoms with Crippen LogP contribution in [0, 0.1) is 25.2 Å². The van der Waals surface area contributed by atoms with Crippen molar-refractivity contribution in [2.45, 2.75) is 20.4 Å². The molecule has 0 radical (unpaired) electrons. The van der Waals surface area contributed by atoms with E-state index in [0.717, 1.165) is 11.4 Å². The number of hydrogen-bond acceptors (Lipinski definition) is 4. The Bertz CT molecular complexity index is 660. The maximum Gasteiger partial charge on any atom is 0.247 e. The third-order valence-electron chi connectivity index (χ3n) is 2.71. The van der Waals surface area contributed by atoms with E-state index in [9.17, 15) is 4.79 Å². The van der Waals surface area contributed by atoms with Gasteiger partial charge < -0.3 is 5.32 Å². The molecule has 7 nitrogen and oxygen atoms in total. The van der Waals surface area contributed by atoms with Crippen LogP contribution in [-0.2, 0) is 18.4 Å². The number of aryl methyl sites for hydroxylation is 3. The van der Waals surface area contributed by atoms with Gasteiger partial charge in [0.1, 0.15) is 24.0 Å². The first-order valence-electron chi connectivity index (χ1n) is 5.74. The van der Waals surface area contributed by atoms with Crippen LogP contribution < -0.4 is 5.32 Å². The van der Waals surface area contributed by atoms with E-state index in [-0.39, 0.29) is 12.5 Å². The van der Waals surface area contributed by atoms with Crippen molar-refractivity contribution in [1.29, 1.82) is 5.26 Å². The van der Waals surface area contributed by atoms with Crippen LogP contribution >= 0.6 is 0 Å². The van der Waals surface area contributed by atoms with Crippen LogP contribution in [-0.4, -0.2) is 25.5 Å². The molecule has 0 atom stereocenters. The topological polar surface area (TPSA) is 88.5 Å². The van der Waals surface area contributed by atoms with Crippen LogP contribution in [0.5, 0.6) is 0 Å². The van der Waals surface area contributed by atoms with Gasteiger partial charge in [0.15, 0.2) is 0 Å². The molecule has 19 heavy (non-hydrogen) atoms. The monoisotopic (exact) mass is 258 g/mol. The van der Waals surface area contributed by atoms with Crippen molar-refractivity contribution in [3.63, 3.8) is 0 Å². The molecule has 7 heteroatoms. The maximum atomic E-state index is 11.9. The van der Waals surface area contributed by atoms with E-state index in [2.05, 4.69) is 15.5 Å². The van der Waals surface area contributed by atoms with Crippen molar-refractivity contribution >= 4 is 11.7 Å². The Balaban J connectivity index is 2.12. The first kappa shape index (κ1) is 12.8. The summed E-state index contributed by atoms with van der Waals surface area (Å²) < 4.78 is 3.07. The smallest absolute Gasteiger partial charge is 0.247 e. The minimum Gasteiger partial charge on any atom is -0.308 e. The molecule has 0 aromatic carbocycles. The van der Waals surface area contributed by atoms with Gasteiger partial charge in [0.05, 0.1) is 11.9 Å². The molecular weight excluding hydrogens is 244 g/mol. The molecule has 0 aliphatic carbocycles. The largest absolute Gasteiger partial charge is 0.308 e. The van der Waals surface area contributed by atoms with E-state index in [0.29, 0.717) is 11.4 Å². The van der Waals surface area contributed by atoms with E-state index < -0.39 is 0 Å². The normalized spacial score (nSPS) is 10.2. The molecule has 0 unspecified atom stereocenters. The third-order valence-corrected chi connectivity index (χ3v) is 2.71. The Hall–Kier alpha value is -2.62. The fraction of sp³-hybridized carbons (Fsp3) is 0.333. The lowest BCUT2D eigenvalue weighted by Crippen LogP contribution is -2.22. The lowest BCUT2D eigenvalue weighted by molar-refractivity contribution is -0.117. The Kier molecular flexibility index (Phi) is 3.33. The van der Waals surface area contributed by atoms with Gasteiger partial charge in [0, 0.05) is 12.7 Å². The second-order valence-corrected chi connectivity index (χ2v) is 4.28. The molecule has 2 aromatic heterocycles. The van der Waals surface area contributed by atoms with Gasteiger partial charge in [-0.15, -0.1) is 0 Å². The third kappa shape index (κ3) is 2.63. The number of amides is 1. The van der Waals surface area contributed by atoms with Gasteiger partial charge in [-0.3, -0.25) is 14.2 Å². The highest BCUT2D eigenvalue weighted by Crippen LogP contribution is 2.12. The van der Waals surface area contributed by atoms with Gasteiger partial charge in [-0.2, -0.15) is 15.5 Å². The average molecular weight is 258 g/mol. The molecule has 0 bridgehead atoms. The second kappa shape index (κ2) is 4.94. The van der Waals surface area contributed by atoms with Crippen molar-refractivity contribution in [2.75, 3.05) is 5.32 Å². The molecule has 1 N–H and O–H groups in total. The number of carbonyl (C=O) groups is 1. The van der Waals surface area contributed by atoms with E-state index in [1.165, 1.54) is 10.9 Å². The summed E-state index contributed by atoms with van der Waals surface area (Å²) in [4.78, 5) is 11.9. The number of rotatable bonds is 3. The molecule has 98 valence electrons. The predicted molar refractivity (Wildman–Crippen MR) is 68.3 cm³/mol. The minimum absolute atomic E-state index is 0.107. The van der Waals surface area contributed by atoms with Crippen LogP contribution in [0.1, 0.15) is 17.0 Å². The highest BCUT2D eigenvalue weighted by molar-refractivity contribution is 5.90. The Labute approximate surface area is 110 Å². The first-order valence-corrected chi connectivity index (χ1v) is 5.74. The quantitative estimate of drug-likeness (QED) is 0.879. The van der Waals surface area contributed by atoms with Gasteiger partial charge in [0.25, 0.3) is 0 Å². The minimum atomic E-state index is -0.244. The standard InChI is InChI=1S/C12H14N6O/c1-8-4-9(2)18(16-8)7-11(19)15-12-10(5-13)6-14-17(12)3/h4,6H,7H2,1-3H3,(H,15,19). The zero-order valence-electron chi connectivity index (χ0n) is 11.0. The molecule has 0 aliphatic heterocycles. The van der Waals surface area contributed by atoms with Crippen LogP contribution in [0.25, 0.3) is 0 Å². The number of nitrogens with one attached hydrogen (secondary N) is 1. The summed E-state index contributed by atoms with van der Waals surface area (Å²) in [5, 5.41) is 19.7. The summed E-state index contributed by atoms with van der Waals surface area (Å²) >= 11 is 0. The van der Waals surface area contributed by atoms with Gasteiger partial charge in [-0.05, 0) is 19.9 Å². The molecular formula is C12H14N6O. The second-order valence-electron chi connectivity index (χ2n) is 4.28. The van der Waals surface area contributed by atoms with E-state index in [1.807, 2.05) is 26.0 Å². The summed E-state index contributed by atoms with van der Waals surface area (Å²) in [6, 6.07) is 3.88. The summed E-state index contributed by atoms with van der Waals surface area (Å²) in [6.07, 6.45) is 1.42. The van der Waals surface area contributed by atoms with E-state index >= 15 is 0 Å². The molecule has 0 spiro atoms. The number of nitriles is 1. The number of carbonyl (C=O) groups excluding carboxylic acids is 1. The molecule has 2 rings (SSSR count). The van der Waals surface area contributed by atoms with Gasteiger partial charge in [0.2, 0.25) is 5.91 Å². The van der Waals surface area contributed by atoms with Gasteiger partial charge in [-0.1, -0.05) is 0 Å². The molecule has 2 aromatic rings.